The number of alkyl halides is 3. The van der Waals surface area contributed by atoms with Crippen LogP contribution in [0.25, 0.3) is 0 Å². The Labute approximate surface area is 320 Å². The SMILES string of the molecule is Nc1c(Br)cc(C[C@@H](NC(=O)N2CCC(N3CCc4ccccc4NC3=O)CC2)C(=O)N2CCN(c3ccc(C(=O)O)cc3C(F)(F)F)CC2)cc1Br. The largest absolute Gasteiger partial charge is 0.478 e. The van der Waals surface area contributed by atoms with Gasteiger partial charge in [-0.15, -0.1) is 0 Å². The number of carbonyl (C=O) groups is 4. The highest BCUT2D eigenvalue weighted by Gasteiger charge is 2.38. The van der Waals surface area contributed by atoms with Crippen LogP contribution in [0.5, 0.6) is 0 Å². The highest BCUT2D eigenvalue weighted by Crippen LogP contribution is 2.38. The smallest absolute Gasteiger partial charge is 0.418 e. The minimum atomic E-state index is -4.79. The summed E-state index contributed by atoms with van der Waals surface area (Å²) in [5.41, 5.74) is 7.42. The summed E-state index contributed by atoms with van der Waals surface area (Å²) in [6, 6.07) is 12.4. The molecule has 3 heterocycles. The summed E-state index contributed by atoms with van der Waals surface area (Å²) in [5, 5.41) is 15.2. The molecule has 0 saturated carbocycles. The Morgan fingerprint density at radius 1 is 0.925 bits per heavy atom. The molecule has 0 aromatic heterocycles. The van der Waals surface area contributed by atoms with E-state index in [0.717, 1.165) is 23.4 Å². The summed E-state index contributed by atoms with van der Waals surface area (Å²) >= 11 is 6.87. The van der Waals surface area contributed by atoms with Gasteiger partial charge in [-0.25, -0.2) is 14.4 Å². The molecule has 12 nitrogen and oxygen atoms in total. The van der Waals surface area contributed by atoms with Crippen LogP contribution in [0.4, 0.5) is 39.8 Å². The number of fused-ring (bicyclic) bond motifs is 1. The number of hydrogen-bond donors (Lipinski definition) is 4. The number of carboxylic acid groups (broad SMARTS) is 1. The highest BCUT2D eigenvalue weighted by atomic mass is 79.9. The van der Waals surface area contributed by atoms with E-state index >= 15 is 0 Å². The molecule has 0 spiro atoms. The molecule has 1 atom stereocenters. The molecule has 53 heavy (non-hydrogen) atoms. The van der Waals surface area contributed by atoms with E-state index in [1.807, 2.05) is 29.2 Å². The van der Waals surface area contributed by atoms with E-state index < -0.39 is 41.3 Å². The van der Waals surface area contributed by atoms with Gasteiger partial charge in [-0.3, -0.25) is 4.79 Å². The van der Waals surface area contributed by atoms with Gasteiger partial charge in [0.05, 0.1) is 16.8 Å². The number of nitrogen functional groups attached to an aromatic ring is 1. The molecule has 5 N–H and O–H groups in total. The van der Waals surface area contributed by atoms with Crippen molar-refractivity contribution < 1.29 is 37.5 Å². The number of rotatable bonds is 7. The lowest BCUT2D eigenvalue weighted by Crippen LogP contribution is -2.58. The summed E-state index contributed by atoms with van der Waals surface area (Å²) in [6.45, 7) is 1.56. The molecule has 17 heteroatoms. The number of carbonyl (C=O) groups excluding carboxylic acids is 3. The van der Waals surface area contributed by atoms with Crippen molar-refractivity contribution in [3.63, 3.8) is 0 Å². The Bertz CT molecular complexity index is 1880. The first-order valence-corrected chi connectivity index (χ1v) is 18.7. The monoisotopic (exact) mass is 863 g/mol. The fourth-order valence-electron chi connectivity index (χ4n) is 7.11. The maximum Gasteiger partial charge on any atom is 0.418 e. The maximum atomic E-state index is 14.1. The van der Waals surface area contributed by atoms with Gasteiger partial charge in [0.25, 0.3) is 0 Å². The van der Waals surface area contributed by atoms with E-state index in [9.17, 15) is 37.5 Å². The normalized spacial score (nSPS) is 17.5. The summed E-state index contributed by atoms with van der Waals surface area (Å²) in [4.78, 5) is 58.7. The van der Waals surface area contributed by atoms with Crippen molar-refractivity contribution in [1.29, 1.82) is 0 Å². The van der Waals surface area contributed by atoms with Crippen LogP contribution in [0, 0.1) is 0 Å². The van der Waals surface area contributed by atoms with Crippen molar-refractivity contribution in [2.75, 3.05) is 61.8 Å². The number of nitrogens with zero attached hydrogens (tertiary/aromatic N) is 4. The van der Waals surface area contributed by atoms with Gasteiger partial charge in [0.2, 0.25) is 5.91 Å². The number of amides is 5. The summed E-state index contributed by atoms with van der Waals surface area (Å²) in [6.07, 6.45) is -2.84. The van der Waals surface area contributed by atoms with Gasteiger partial charge in [0.1, 0.15) is 6.04 Å². The van der Waals surface area contributed by atoms with Crippen molar-refractivity contribution >= 4 is 72.9 Å². The molecule has 5 amide bonds. The molecular weight excluding hydrogens is 827 g/mol. The molecule has 2 saturated heterocycles. The molecule has 3 aliphatic heterocycles. The third-order valence-electron chi connectivity index (χ3n) is 9.99. The van der Waals surface area contributed by atoms with Gasteiger partial charge in [-0.2, -0.15) is 13.2 Å². The number of carboxylic acids is 1. The predicted molar refractivity (Wildman–Crippen MR) is 200 cm³/mol. The third-order valence-corrected chi connectivity index (χ3v) is 11.3. The first kappa shape index (κ1) is 38.2. The van der Waals surface area contributed by atoms with Crippen LogP contribution in [0.2, 0.25) is 0 Å². The minimum Gasteiger partial charge on any atom is -0.478 e. The van der Waals surface area contributed by atoms with Crippen LogP contribution >= 0.6 is 31.9 Å². The fourth-order valence-corrected chi connectivity index (χ4v) is 8.39. The number of para-hydroxylation sites is 1. The summed E-state index contributed by atoms with van der Waals surface area (Å²) < 4.78 is 43.1. The van der Waals surface area contributed by atoms with E-state index in [4.69, 9.17) is 5.73 Å². The lowest BCUT2D eigenvalue weighted by Gasteiger charge is -2.40. The first-order valence-electron chi connectivity index (χ1n) is 17.1. The van der Waals surface area contributed by atoms with Crippen LogP contribution in [0.15, 0.2) is 63.5 Å². The quantitative estimate of drug-likeness (QED) is 0.212. The molecule has 0 unspecified atom stereocenters. The molecule has 0 bridgehead atoms. The zero-order chi connectivity index (χ0) is 38.0. The van der Waals surface area contributed by atoms with E-state index in [2.05, 4.69) is 42.5 Å². The molecule has 282 valence electrons. The van der Waals surface area contributed by atoms with Crippen LogP contribution in [0.3, 0.4) is 0 Å². The van der Waals surface area contributed by atoms with Crippen LogP contribution in [-0.2, 0) is 23.8 Å². The average molecular weight is 866 g/mol. The first-order chi connectivity index (χ1) is 25.2. The van der Waals surface area contributed by atoms with Crippen molar-refractivity contribution in [3.8, 4) is 0 Å². The highest BCUT2D eigenvalue weighted by molar-refractivity contribution is 9.11. The van der Waals surface area contributed by atoms with E-state index in [-0.39, 0.29) is 50.4 Å². The van der Waals surface area contributed by atoms with Gasteiger partial charge in [0, 0.05) is 78.6 Å². The molecule has 0 radical (unpaired) electrons. The average Bonchev–Trinajstić information content (AvgIpc) is 3.30. The number of benzene rings is 3. The van der Waals surface area contributed by atoms with Crippen LogP contribution in [0.1, 0.15) is 39.9 Å². The Hall–Kier alpha value is -4.51. The van der Waals surface area contributed by atoms with Crippen LogP contribution in [-0.4, -0.2) is 102 Å². The van der Waals surface area contributed by atoms with Gasteiger partial charge < -0.3 is 41.1 Å². The molecule has 6 rings (SSSR count). The van der Waals surface area contributed by atoms with Gasteiger partial charge in [-0.1, -0.05) is 18.2 Å². The Morgan fingerprint density at radius 2 is 1.58 bits per heavy atom. The number of likely N-dealkylation sites (tertiary alicyclic amines) is 1. The second-order valence-electron chi connectivity index (χ2n) is 13.3. The zero-order valence-electron chi connectivity index (χ0n) is 28.5. The second kappa shape index (κ2) is 15.8. The van der Waals surface area contributed by atoms with Gasteiger partial charge >= 0.3 is 24.2 Å². The van der Waals surface area contributed by atoms with Crippen molar-refractivity contribution in [3.05, 3.63) is 85.8 Å². The van der Waals surface area contributed by atoms with E-state index in [0.29, 0.717) is 65.2 Å². The van der Waals surface area contributed by atoms with Crippen molar-refractivity contribution in [2.24, 2.45) is 0 Å². The zero-order valence-corrected chi connectivity index (χ0v) is 31.6. The lowest BCUT2D eigenvalue weighted by atomic mass is 10.0. The number of halogens is 5. The second-order valence-corrected chi connectivity index (χ2v) is 15.0. The third kappa shape index (κ3) is 8.67. The van der Waals surface area contributed by atoms with Crippen molar-refractivity contribution in [1.82, 2.24) is 20.0 Å². The van der Waals surface area contributed by atoms with Crippen molar-refractivity contribution in [2.45, 2.75) is 43.9 Å². The molecule has 3 aliphatic rings. The fraction of sp³-hybridized carbons (Fsp3) is 0.389. The number of urea groups is 2. The summed E-state index contributed by atoms with van der Waals surface area (Å²) in [7, 11) is 0. The van der Waals surface area contributed by atoms with E-state index in [1.165, 1.54) is 9.80 Å². The molecule has 2 fully saturated rings. The Kier molecular flexibility index (Phi) is 11.4. The molecule has 3 aromatic rings. The molecule has 3 aromatic carbocycles. The number of nitrogens with two attached hydrogens (primary N) is 1. The lowest BCUT2D eigenvalue weighted by molar-refractivity contribution is -0.137. The summed E-state index contributed by atoms with van der Waals surface area (Å²) in [5.74, 6) is -1.86. The topological polar surface area (TPSA) is 152 Å². The van der Waals surface area contributed by atoms with E-state index in [1.54, 1.807) is 17.0 Å². The predicted octanol–water partition coefficient (Wildman–Crippen LogP) is 6.03. The number of nitrogens with one attached hydrogen (secondary N) is 2. The molecular formula is C36H38Br2F3N7O5. The Morgan fingerprint density at radius 3 is 2.23 bits per heavy atom. The van der Waals surface area contributed by atoms with Gasteiger partial charge in [-0.05, 0) is 98.6 Å². The number of piperazine rings is 1. The standard InChI is InChI=1S/C36H38Br2F3N7O5/c37-26-17-21(18-27(38)31(26)42)19-29(32(49)46-15-13-45(14-16-46)30-6-5-23(33(50)51)20-25(30)36(39,40)41)44-34(52)47-10-8-24(9-11-47)48-12-7-22-3-1-2-4-28(22)43-35(48)53/h1-6,17-18,20,24,29H,7-16,19,42H2,(H,43,53)(H,44,52)(H,50,51)/t29-/m1/s1. The Balaban J connectivity index is 1.13. The maximum absolute atomic E-state index is 14.1. The molecule has 0 aliphatic carbocycles. The number of aromatic carboxylic acids is 1. The van der Waals surface area contributed by atoms with Crippen LogP contribution < -0.4 is 21.3 Å². The number of anilines is 3. The minimum absolute atomic E-state index is 0.0591. The van der Waals surface area contributed by atoms with Gasteiger partial charge in [0.15, 0.2) is 0 Å². The number of piperidine rings is 1. The number of hydrogen-bond acceptors (Lipinski definition) is 6.